The number of amides is 1. The molecule has 0 radical (unpaired) electrons. The van der Waals surface area contributed by atoms with Gasteiger partial charge in [-0.05, 0) is 29.7 Å². The molecule has 1 aromatic carbocycles. The summed E-state index contributed by atoms with van der Waals surface area (Å²) in [7, 11) is 0. The highest BCUT2D eigenvalue weighted by Gasteiger charge is 2.26. The highest BCUT2D eigenvalue weighted by Crippen LogP contribution is 2.28. The number of hydrogen-bond donors (Lipinski definition) is 2. The molecule has 3 N–H and O–H groups in total. The van der Waals surface area contributed by atoms with Crippen molar-refractivity contribution in [3.63, 3.8) is 0 Å². The third kappa shape index (κ3) is 3.08. The van der Waals surface area contributed by atoms with Crippen molar-refractivity contribution < 1.29 is 4.79 Å². The minimum absolute atomic E-state index is 0.245. The van der Waals surface area contributed by atoms with Crippen LogP contribution in [0.15, 0.2) is 18.2 Å². The number of halogens is 1. The Labute approximate surface area is 126 Å². The Morgan fingerprint density at radius 3 is 2.70 bits per heavy atom. The lowest BCUT2D eigenvalue weighted by Crippen LogP contribution is -2.20. The number of nitrogens with one attached hydrogen (secondary N) is 1. The van der Waals surface area contributed by atoms with Crippen molar-refractivity contribution in [3.8, 4) is 0 Å². The van der Waals surface area contributed by atoms with Crippen molar-refractivity contribution in [2.75, 3.05) is 11.1 Å². The van der Waals surface area contributed by atoms with Gasteiger partial charge >= 0.3 is 0 Å². The SMILES string of the molecule is CC(C)(C)c1nnsc1C(=O)Nc1ccc(N)cc1Cl. The highest BCUT2D eigenvalue weighted by molar-refractivity contribution is 7.08. The van der Waals surface area contributed by atoms with E-state index >= 15 is 0 Å². The Kier molecular flexibility index (Phi) is 3.96. The molecular formula is C13H15ClN4OS. The third-order valence-corrected chi connectivity index (χ3v) is 3.68. The van der Waals surface area contributed by atoms with Crippen molar-refractivity contribution in [1.82, 2.24) is 9.59 Å². The second kappa shape index (κ2) is 5.38. The number of carbonyl (C=O) groups is 1. The maximum Gasteiger partial charge on any atom is 0.269 e. The van der Waals surface area contributed by atoms with E-state index in [9.17, 15) is 4.79 Å². The summed E-state index contributed by atoms with van der Waals surface area (Å²) in [5.41, 5.74) is 7.10. The number of aromatic nitrogens is 2. The first-order chi connectivity index (χ1) is 9.29. The molecule has 0 spiro atoms. The third-order valence-electron chi connectivity index (χ3n) is 2.65. The molecule has 0 aliphatic heterocycles. The van der Waals surface area contributed by atoms with Crippen LogP contribution in [0.3, 0.4) is 0 Å². The number of carbonyl (C=O) groups excluding carboxylic acids is 1. The van der Waals surface area contributed by atoms with Gasteiger partial charge in [0.25, 0.3) is 5.91 Å². The van der Waals surface area contributed by atoms with E-state index in [1.807, 2.05) is 20.8 Å². The lowest BCUT2D eigenvalue weighted by Gasteiger charge is -2.16. The molecule has 2 aromatic rings. The van der Waals surface area contributed by atoms with Gasteiger partial charge in [-0.1, -0.05) is 36.9 Å². The smallest absolute Gasteiger partial charge is 0.269 e. The fraction of sp³-hybridized carbons (Fsp3) is 0.308. The van der Waals surface area contributed by atoms with Gasteiger partial charge in [-0.15, -0.1) is 5.10 Å². The van der Waals surface area contributed by atoms with Crippen molar-refractivity contribution in [3.05, 3.63) is 33.8 Å². The van der Waals surface area contributed by atoms with Crippen LogP contribution < -0.4 is 11.1 Å². The highest BCUT2D eigenvalue weighted by atomic mass is 35.5. The van der Waals surface area contributed by atoms with Crippen LogP contribution in [0.5, 0.6) is 0 Å². The molecule has 0 aliphatic carbocycles. The molecule has 0 saturated heterocycles. The number of nitrogen functional groups attached to an aromatic ring is 1. The lowest BCUT2D eigenvalue weighted by atomic mass is 9.91. The topological polar surface area (TPSA) is 80.9 Å². The molecule has 0 atom stereocenters. The average Bonchev–Trinajstić information content (AvgIpc) is 2.81. The van der Waals surface area contributed by atoms with Gasteiger partial charge in [0.1, 0.15) is 4.88 Å². The van der Waals surface area contributed by atoms with Crippen molar-refractivity contribution in [2.24, 2.45) is 0 Å². The number of nitrogens with two attached hydrogens (primary N) is 1. The van der Waals surface area contributed by atoms with Crippen molar-refractivity contribution in [1.29, 1.82) is 0 Å². The van der Waals surface area contributed by atoms with Crippen LogP contribution in [-0.2, 0) is 5.41 Å². The standard InChI is InChI=1S/C13H15ClN4OS/c1-13(2,3)11-10(20-18-17-11)12(19)16-9-5-4-7(15)6-8(9)14/h4-6H,15H2,1-3H3,(H,16,19). The molecule has 0 unspecified atom stereocenters. The van der Waals surface area contributed by atoms with E-state index in [0.29, 0.717) is 27.0 Å². The fourth-order valence-electron chi connectivity index (χ4n) is 1.64. The molecule has 0 bridgehead atoms. The van der Waals surface area contributed by atoms with Crippen LogP contribution in [0.2, 0.25) is 5.02 Å². The summed E-state index contributed by atoms with van der Waals surface area (Å²) < 4.78 is 3.87. The Morgan fingerprint density at radius 1 is 1.40 bits per heavy atom. The molecule has 106 valence electrons. The predicted octanol–water partition coefficient (Wildman–Crippen LogP) is 3.32. The number of hydrogen-bond acceptors (Lipinski definition) is 5. The second-order valence-electron chi connectivity index (χ2n) is 5.39. The molecule has 20 heavy (non-hydrogen) atoms. The largest absolute Gasteiger partial charge is 0.399 e. The first-order valence-electron chi connectivity index (χ1n) is 5.98. The summed E-state index contributed by atoms with van der Waals surface area (Å²) in [5, 5.41) is 7.19. The molecular weight excluding hydrogens is 296 g/mol. The van der Waals surface area contributed by atoms with Crippen LogP contribution >= 0.6 is 23.1 Å². The number of benzene rings is 1. The van der Waals surface area contributed by atoms with Crippen LogP contribution in [0.4, 0.5) is 11.4 Å². The first kappa shape index (κ1) is 14.7. The molecule has 0 fully saturated rings. The zero-order chi connectivity index (χ0) is 14.9. The normalized spacial score (nSPS) is 11.4. The molecule has 7 heteroatoms. The van der Waals surface area contributed by atoms with Gasteiger partial charge in [0, 0.05) is 11.1 Å². The summed E-state index contributed by atoms with van der Waals surface area (Å²) >= 11 is 7.11. The summed E-state index contributed by atoms with van der Waals surface area (Å²) in [4.78, 5) is 12.8. The van der Waals surface area contributed by atoms with E-state index in [1.165, 1.54) is 0 Å². The average molecular weight is 311 g/mol. The van der Waals surface area contributed by atoms with Gasteiger partial charge in [-0.2, -0.15) is 0 Å². The van der Waals surface area contributed by atoms with Gasteiger partial charge < -0.3 is 11.1 Å². The summed E-state index contributed by atoms with van der Waals surface area (Å²) in [6.07, 6.45) is 0. The number of anilines is 2. The van der Waals surface area contributed by atoms with E-state index in [1.54, 1.807) is 18.2 Å². The molecule has 1 amide bonds. The van der Waals surface area contributed by atoms with E-state index in [2.05, 4.69) is 14.9 Å². The quantitative estimate of drug-likeness (QED) is 0.834. The van der Waals surface area contributed by atoms with Gasteiger partial charge in [0.2, 0.25) is 0 Å². The molecule has 2 rings (SSSR count). The second-order valence-corrected chi connectivity index (χ2v) is 6.56. The Bertz CT molecular complexity index is 648. The zero-order valence-electron chi connectivity index (χ0n) is 11.4. The molecule has 1 aromatic heterocycles. The maximum absolute atomic E-state index is 12.3. The number of rotatable bonds is 2. The van der Waals surface area contributed by atoms with E-state index in [0.717, 1.165) is 11.5 Å². The zero-order valence-corrected chi connectivity index (χ0v) is 13.0. The van der Waals surface area contributed by atoms with Crippen LogP contribution in [0, 0.1) is 0 Å². The van der Waals surface area contributed by atoms with E-state index in [-0.39, 0.29) is 11.3 Å². The minimum atomic E-state index is -0.267. The maximum atomic E-state index is 12.3. The summed E-state index contributed by atoms with van der Waals surface area (Å²) in [5.74, 6) is -0.267. The van der Waals surface area contributed by atoms with Crippen molar-refractivity contribution in [2.45, 2.75) is 26.2 Å². The van der Waals surface area contributed by atoms with Gasteiger partial charge in [-0.25, -0.2) is 0 Å². The minimum Gasteiger partial charge on any atom is -0.399 e. The number of nitrogens with zero attached hydrogens (tertiary/aromatic N) is 2. The fourth-order valence-corrected chi connectivity index (χ4v) is 2.65. The van der Waals surface area contributed by atoms with Crippen molar-refractivity contribution >= 4 is 40.4 Å². The molecule has 0 saturated carbocycles. The van der Waals surface area contributed by atoms with Gasteiger partial charge in [0.05, 0.1) is 16.4 Å². The predicted molar refractivity (Wildman–Crippen MR) is 82.4 cm³/mol. The van der Waals surface area contributed by atoms with Gasteiger partial charge in [-0.3, -0.25) is 4.79 Å². The summed E-state index contributed by atoms with van der Waals surface area (Å²) in [6, 6.07) is 4.94. The Balaban J connectivity index is 2.27. The Hall–Kier alpha value is -1.66. The van der Waals surface area contributed by atoms with Crippen LogP contribution in [0.25, 0.3) is 0 Å². The Morgan fingerprint density at radius 2 is 2.10 bits per heavy atom. The molecule has 5 nitrogen and oxygen atoms in total. The monoisotopic (exact) mass is 310 g/mol. The van der Waals surface area contributed by atoms with E-state index < -0.39 is 0 Å². The van der Waals surface area contributed by atoms with Gasteiger partial charge in [0.15, 0.2) is 0 Å². The van der Waals surface area contributed by atoms with Crippen LogP contribution in [-0.4, -0.2) is 15.5 Å². The summed E-state index contributed by atoms with van der Waals surface area (Å²) in [6.45, 7) is 5.95. The lowest BCUT2D eigenvalue weighted by molar-refractivity contribution is 0.102. The molecule has 0 aliphatic rings. The molecule has 1 heterocycles. The van der Waals surface area contributed by atoms with E-state index in [4.69, 9.17) is 17.3 Å². The first-order valence-corrected chi connectivity index (χ1v) is 7.13. The van der Waals surface area contributed by atoms with Crippen LogP contribution in [0.1, 0.15) is 36.1 Å².